The predicted octanol–water partition coefficient (Wildman–Crippen LogP) is 4.42. The number of rotatable bonds is 6. The third-order valence-corrected chi connectivity index (χ3v) is 4.03. The second-order valence-electron chi connectivity index (χ2n) is 5.95. The van der Waals surface area contributed by atoms with Gasteiger partial charge in [0.25, 0.3) is 5.91 Å². The summed E-state index contributed by atoms with van der Waals surface area (Å²) in [5, 5.41) is 8.46. The average molecular weight is 363 g/mol. The summed E-state index contributed by atoms with van der Waals surface area (Å²) >= 11 is 0. The molecule has 1 heterocycles. The Labute approximate surface area is 157 Å². The highest BCUT2D eigenvalue weighted by atomic mass is 16.3. The third kappa shape index (κ3) is 4.98. The van der Waals surface area contributed by atoms with Crippen LogP contribution in [0.5, 0.6) is 0 Å². The molecule has 6 nitrogen and oxygen atoms in total. The zero-order valence-corrected chi connectivity index (χ0v) is 15.0. The first-order valence-electron chi connectivity index (χ1n) is 8.72. The largest absolute Gasteiger partial charge is 0.459 e. The van der Waals surface area contributed by atoms with Crippen molar-refractivity contribution in [3.63, 3.8) is 0 Å². The SMILES string of the molecule is CCc1ccccc1NC(=O)NCc1cccc(NC(=O)c2ccco2)c1. The molecule has 0 saturated carbocycles. The smallest absolute Gasteiger partial charge is 0.319 e. The number of carbonyl (C=O) groups is 2. The molecular formula is C21H21N3O3. The minimum atomic E-state index is -0.320. The van der Waals surface area contributed by atoms with E-state index >= 15 is 0 Å². The van der Waals surface area contributed by atoms with Gasteiger partial charge in [0.05, 0.1) is 6.26 Å². The van der Waals surface area contributed by atoms with Crippen molar-refractivity contribution in [2.24, 2.45) is 0 Å². The first-order valence-corrected chi connectivity index (χ1v) is 8.72. The summed E-state index contributed by atoms with van der Waals surface area (Å²) in [6.07, 6.45) is 2.29. The monoisotopic (exact) mass is 363 g/mol. The maximum Gasteiger partial charge on any atom is 0.319 e. The molecule has 3 N–H and O–H groups in total. The van der Waals surface area contributed by atoms with Crippen LogP contribution in [0.15, 0.2) is 71.3 Å². The Kier molecular flexibility index (Phi) is 5.89. The number of aryl methyl sites for hydroxylation is 1. The number of amides is 3. The molecule has 0 atom stereocenters. The third-order valence-electron chi connectivity index (χ3n) is 4.03. The molecule has 0 aliphatic carbocycles. The molecule has 0 aliphatic rings. The van der Waals surface area contributed by atoms with E-state index in [0.29, 0.717) is 12.2 Å². The molecule has 27 heavy (non-hydrogen) atoms. The highest BCUT2D eigenvalue weighted by Gasteiger charge is 2.09. The van der Waals surface area contributed by atoms with E-state index in [4.69, 9.17) is 4.42 Å². The zero-order chi connectivity index (χ0) is 19.1. The zero-order valence-electron chi connectivity index (χ0n) is 15.0. The van der Waals surface area contributed by atoms with Crippen molar-refractivity contribution in [2.75, 3.05) is 10.6 Å². The number of para-hydroxylation sites is 1. The Hall–Kier alpha value is -3.54. The van der Waals surface area contributed by atoms with Gasteiger partial charge in [-0.3, -0.25) is 4.79 Å². The van der Waals surface area contributed by atoms with Gasteiger partial charge in [-0.2, -0.15) is 0 Å². The van der Waals surface area contributed by atoms with Crippen LogP contribution in [0, 0.1) is 0 Å². The van der Waals surface area contributed by atoms with Gasteiger partial charge in [0.15, 0.2) is 5.76 Å². The van der Waals surface area contributed by atoms with Crippen LogP contribution in [0.3, 0.4) is 0 Å². The Morgan fingerprint density at radius 1 is 0.963 bits per heavy atom. The summed E-state index contributed by atoms with van der Waals surface area (Å²) in [6, 6.07) is 18.0. The molecule has 0 saturated heterocycles. The van der Waals surface area contributed by atoms with Crippen LogP contribution in [0.25, 0.3) is 0 Å². The number of hydrogen-bond acceptors (Lipinski definition) is 3. The maximum atomic E-state index is 12.2. The van der Waals surface area contributed by atoms with Crippen LogP contribution in [0.1, 0.15) is 28.6 Å². The van der Waals surface area contributed by atoms with Gasteiger partial charge in [-0.1, -0.05) is 37.3 Å². The molecule has 0 unspecified atom stereocenters. The van der Waals surface area contributed by atoms with Gasteiger partial charge in [0.2, 0.25) is 0 Å². The summed E-state index contributed by atoms with van der Waals surface area (Å²) in [7, 11) is 0. The molecule has 2 aromatic carbocycles. The number of anilines is 2. The van der Waals surface area contributed by atoms with Gasteiger partial charge in [-0.25, -0.2) is 4.79 Å². The summed E-state index contributed by atoms with van der Waals surface area (Å²) in [5.41, 5.74) is 3.38. The molecule has 0 spiro atoms. The number of furan rings is 1. The first-order chi connectivity index (χ1) is 13.2. The van der Waals surface area contributed by atoms with Crippen LogP contribution < -0.4 is 16.0 Å². The van der Waals surface area contributed by atoms with E-state index in [9.17, 15) is 9.59 Å². The lowest BCUT2D eigenvalue weighted by atomic mass is 10.1. The first kappa shape index (κ1) is 18.3. The van der Waals surface area contributed by atoms with Crippen molar-refractivity contribution >= 4 is 23.3 Å². The van der Waals surface area contributed by atoms with Gasteiger partial charge >= 0.3 is 6.03 Å². The summed E-state index contributed by atoms with van der Waals surface area (Å²) in [5.74, 6) is -0.0773. The summed E-state index contributed by atoms with van der Waals surface area (Å²) in [6.45, 7) is 2.38. The van der Waals surface area contributed by atoms with Gasteiger partial charge in [-0.15, -0.1) is 0 Å². The minimum absolute atomic E-state index is 0.243. The Balaban J connectivity index is 1.56. The molecule has 0 aliphatic heterocycles. The molecule has 3 amide bonds. The van der Waals surface area contributed by atoms with Gasteiger partial charge in [0, 0.05) is 17.9 Å². The van der Waals surface area contributed by atoms with Gasteiger partial charge < -0.3 is 20.4 Å². The Morgan fingerprint density at radius 3 is 2.59 bits per heavy atom. The number of nitrogens with one attached hydrogen (secondary N) is 3. The fourth-order valence-corrected chi connectivity index (χ4v) is 2.66. The number of carbonyl (C=O) groups excluding carboxylic acids is 2. The molecular weight excluding hydrogens is 342 g/mol. The quantitative estimate of drug-likeness (QED) is 0.606. The second-order valence-corrected chi connectivity index (χ2v) is 5.95. The number of benzene rings is 2. The minimum Gasteiger partial charge on any atom is -0.459 e. The van der Waals surface area contributed by atoms with E-state index in [1.165, 1.54) is 6.26 Å². The molecule has 0 radical (unpaired) electrons. The van der Waals surface area contributed by atoms with Crippen LogP contribution in [0.2, 0.25) is 0 Å². The normalized spacial score (nSPS) is 10.3. The standard InChI is InChI=1S/C21H21N3O3/c1-2-16-8-3-4-10-18(16)24-21(26)22-14-15-7-5-9-17(13-15)23-20(25)19-11-6-12-27-19/h3-13H,2,14H2,1H3,(H,23,25)(H2,22,24,26). The van der Waals surface area contributed by atoms with Crippen molar-refractivity contribution in [3.05, 3.63) is 83.8 Å². The van der Waals surface area contributed by atoms with Crippen molar-refractivity contribution in [1.29, 1.82) is 0 Å². The Morgan fingerprint density at radius 2 is 1.81 bits per heavy atom. The fourth-order valence-electron chi connectivity index (χ4n) is 2.66. The summed E-state index contributed by atoms with van der Waals surface area (Å²) < 4.78 is 5.07. The van der Waals surface area contributed by atoms with Crippen molar-refractivity contribution in [3.8, 4) is 0 Å². The lowest BCUT2D eigenvalue weighted by molar-refractivity contribution is 0.0996. The summed E-state index contributed by atoms with van der Waals surface area (Å²) in [4.78, 5) is 24.2. The van der Waals surface area contributed by atoms with Crippen LogP contribution >= 0.6 is 0 Å². The predicted molar refractivity (Wildman–Crippen MR) is 105 cm³/mol. The van der Waals surface area contributed by atoms with E-state index in [2.05, 4.69) is 16.0 Å². The molecule has 3 aromatic rings. The fraction of sp³-hybridized carbons (Fsp3) is 0.143. The number of hydrogen-bond donors (Lipinski definition) is 3. The van der Waals surface area contributed by atoms with Crippen molar-refractivity contribution in [1.82, 2.24) is 5.32 Å². The molecule has 138 valence electrons. The van der Waals surface area contributed by atoms with E-state index in [0.717, 1.165) is 23.2 Å². The highest BCUT2D eigenvalue weighted by molar-refractivity contribution is 6.02. The molecule has 1 aromatic heterocycles. The molecule has 0 bridgehead atoms. The molecule has 6 heteroatoms. The number of urea groups is 1. The Bertz CT molecular complexity index is 920. The van der Waals surface area contributed by atoms with E-state index in [1.807, 2.05) is 43.3 Å². The molecule has 0 fully saturated rings. The highest BCUT2D eigenvalue weighted by Crippen LogP contribution is 2.16. The van der Waals surface area contributed by atoms with Crippen LogP contribution in [0.4, 0.5) is 16.2 Å². The topological polar surface area (TPSA) is 83.4 Å². The van der Waals surface area contributed by atoms with E-state index in [-0.39, 0.29) is 17.7 Å². The lowest BCUT2D eigenvalue weighted by Gasteiger charge is -2.11. The van der Waals surface area contributed by atoms with E-state index < -0.39 is 0 Å². The lowest BCUT2D eigenvalue weighted by Crippen LogP contribution is -2.28. The van der Waals surface area contributed by atoms with Crippen LogP contribution in [-0.4, -0.2) is 11.9 Å². The van der Waals surface area contributed by atoms with E-state index in [1.54, 1.807) is 24.3 Å². The van der Waals surface area contributed by atoms with Crippen molar-refractivity contribution in [2.45, 2.75) is 19.9 Å². The van der Waals surface area contributed by atoms with Crippen molar-refractivity contribution < 1.29 is 14.0 Å². The van der Waals surface area contributed by atoms with Crippen LogP contribution in [-0.2, 0) is 13.0 Å². The second kappa shape index (κ2) is 8.71. The maximum absolute atomic E-state index is 12.2. The average Bonchev–Trinajstić information content (AvgIpc) is 3.22. The van der Waals surface area contributed by atoms with Gasteiger partial charge in [0.1, 0.15) is 0 Å². The van der Waals surface area contributed by atoms with Gasteiger partial charge in [-0.05, 0) is 47.9 Å². The molecule has 3 rings (SSSR count).